The van der Waals surface area contributed by atoms with E-state index < -0.39 is 28.0 Å². The van der Waals surface area contributed by atoms with Gasteiger partial charge in [-0.05, 0) is 24.8 Å². The molecule has 0 saturated carbocycles. The van der Waals surface area contributed by atoms with Crippen LogP contribution in [-0.4, -0.2) is 22.0 Å². The molecular formula is C18H26N2O4S. The summed E-state index contributed by atoms with van der Waals surface area (Å²) in [6.45, 7) is 8.55. The predicted octanol–water partition coefficient (Wildman–Crippen LogP) is 4.01. The Hall–Kier alpha value is -2.15. The maximum absolute atomic E-state index is 12.9. The first-order valence-electron chi connectivity index (χ1n) is 8.19. The fourth-order valence-electron chi connectivity index (χ4n) is 2.32. The number of nitrogens with one attached hydrogen (secondary N) is 1. The van der Waals surface area contributed by atoms with Gasteiger partial charge in [0.2, 0.25) is 5.91 Å². The van der Waals surface area contributed by atoms with Crippen LogP contribution in [0, 0.1) is 5.92 Å². The van der Waals surface area contributed by atoms with Crippen molar-refractivity contribution in [3.63, 3.8) is 0 Å². The molecule has 0 aliphatic heterocycles. The molecule has 6 nitrogen and oxygen atoms in total. The zero-order chi connectivity index (χ0) is 18.9. The van der Waals surface area contributed by atoms with Gasteiger partial charge in [0.05, 0.1) is 5.75 Å². The number of hydrogen-bond acceptors (Lipinski definition) is 4. The molecule has 1 aromatic carbocycles. The fourth-order valence-corrected chi connectivity index (χ4v) is 4.27. The lowest BCUT2D eigenvalue weighted by molar-refractivity contribution is -0.117. The lowest BCUT2D eigenvalue weighted by Gasteiger charge is -2.17. The van der Waals surface area contributed by atoms with Crippen molar-refractivity contribution in [1.82, 2.24) is 4.72 Å². The third kappa shape index (κ3) is 7.51. The number of carbonyl (C=O) groups is 2. The van der Waals surface area contributed by atoms with Gasteiger partial charge in [-0.15, -0.1) is 10.9 Å². The minimum Gasteiger partial charge on any atom is -0.440 e. The van der Waals surface area contributed by atoms with Crippen molar-refractivity contribution in [3.05, 3.63) is 48.6 Å². The molecule has 1 aromatic rings. The molecule has 1 N–H and O–H groups in total. The summed E-state index contributed by atoms with van der Waals surface area (Å²) in [5.41, 5.74) is 0.801. The van der Waals surface area contributed by atoms with E-state index in [9.17, 15) is 13.8 Å². The summed E-state index contributed by atoms with van der Waals surface area (Å²) < 4.78 is 24.2. The molecule has 3 atom stereocenters. The lowest BCUT2D eigenvalue weighted by Crippen LogP contribution is -2.33. The quantitative estimate of drug-likeness (QED) is 0.705. The average molecular weight is 366 g/mol. The third-order valence-electron chi connectivity index (χ3n) is 3.61. The number of nitrogens with zero attached hydrogens (tertiary/aromatic N) is 1. The van der Waals surface area contributed by atoms with Crippen LogP contribution >= 0.6 is 0 Å². The summed E-state index contributed by atoms with van der Waals surface area (Å²) in [4.78, 5) is 23.5. The van der Waals surface area contributed by atoms with E-state index in [1.54, 1.807) is 13.0 Å². The van der Waals surface area contributed by atoms with E-state index in [0.717, 1.165) is 12.0 Å². The number of hydrogen-bond donors (Lipinski definition) is 1. The molecule has 25 heavy (non-hydrogen) atoms. The summed E-state index contributed by atoms with van der Waals surface area (Å²) in [7, 11) is -3.25. The summed E-state index contributed by atoms with van der Waals surface area (Å²) in [6.07, 6.45) is 1.58. The molecule has 0 bridgehead atoms. The highest BCUT2D eigenvalue weighted by molar-refractivity contribution is 7.92. The topological polar surface area (TPSA) is 84.8 Å². The Morgan fingerprint density at radius 3 is 2.52 bits per heavy atom. The zero-order valence-corrected chi connectivity index (χ0v) is 15.8. The molecule has 0 aliphatic rings. The second-order valence-electron chi connectivity index (χ2n) is 5.79. The first-order chi connectivity index (χ1) is 11.8. The molecular weight excluding hydrogens is 340 g/mol. The van der Waals surface area contributed by atoms with Gasteiger partial charge in [0.25, 0.3) is 0 Å². The average Bonchev–Trinajstić information content (AvgIpc) is 2.53. The van der Waals surface area contributed by atoms with E-state index >= 15 is 0 Å². The van der Waals surface area contributed by atoms with Crippen LogP contribution in [0.25, 0.3) is 0 Å². The van der Waals surface area contributed by atoms with Gasteiger partial charge in [-0.1, -0.05) is 49.8 Å². The Balaban J connectivity index is 2.96. The van der Waals surface area contributed by atoms with Crippen LogP contribution in [0.3, 0.4) is 0 Å². The summed E-state index contributed by atoms with van der Waals surface area (Å²) in [5.74, 6) is -0.435. The second-order valence-corrected chi connectivity index (χ2v) is 7.79. The third-order valence-corrected chi connectivity index (χ3v) is 5.58. The van der Waals surface area contributed by atoms with E-state index in [1.165, 1.54) is 6.92 Å². The number of carbonyl (C=O) groups excluding carboxylic acids is 2. The molecule has 2 amide bonds. The minimum absolute atomic E-state index is 0.0000493. The molecule has 1 rings (SSSR count). The van der Waals surface area contributed by atoms with Crippen molar-refractivity contribution in [2.45, 2.75) is 39.7 Å². The summed E-state index contributed by atoms with van der Waals surface area (Å²) in [6, 6.07) is 9.16. The Morgan fingerprint density at radius 1 is 1.36 bits per heavy atom. The molecule has 0 aliphatic carbocycles. The molecule has 0 radical (unpaired) electrons. The maximum Gasteiger partial charge on any atom is 0.443 e. The van der Waals surface area contributed by atoms with E-state index in [0.29, 0.717) is 6.42 Å². The van der Waals surface area contributed by atoms with Crippen molar-refractivity contribution in [1.29, 1.82) is 0 Å². The van der Waals surface area contributed by atoms with Gasteiger partial charge >= 0.3 is 6.09 Å². The van der Waals surface area contributed by atoms with E-state index in [4.69, 9.17) is 4.74 Å². The molecule has 0 heterocycles. The smallest absolute Gasteiger partial charge is 0.440 e. The van der Waals surface area contributed by atoms with Crippen molar-refractivity contribution in [2.24, 2.45) is 10.3 Å². The van der Waals surface area contributed by atoms with Crippen LogP contribution in [0.1, 0.15) is 45.3 Å². The monoisotopic (exact) mass is 366 g/mol. The van der Waals surface area contributed by atoms with Gasteiger partial charge in [-0.3, -0.25) is 9.52 Å². The van der Waals surface area contributed by atoms with Crippen molar-refractivity contribution in [2.75, 3.05) is 5.75 Å². The second kappa shape index (κ2) is 9.98. The highest BCUT2D eigenvalue weighted by Gasteiger charge is 2.20. The standard InChI is InChI=1S/C18H26N2O4S/c1-5-10-16(6-2)13-25(23,19-15(4)21)20-18(22)24-14(3)17-11-8-7-9-12-17/h5,7-9,11-12,14,16H,1,6,10,13H2,2-4H3,(H,19,20,21,22,23)/t14-,16-,25?/m0/s1. The van der Waals surface area contributed by atoms with Gasteiger partial charge in [-0.25, -0.2) is 9.00 Å². The van der Waals surface area contributed by atoms with E-state index in [2.05, 4.69) is 15.7 Å². The van der Waals surface area contributed by atoms with Crippen LogP contribution in [0.2, 0.25) is 0 Å². The largest absolute Gasteiger partial charge is 0.443 e. The summed E-state index contributed by atoms with van der Waals surface area (Å²) in [5, 5.41) is 0. The number of ether oxygens (including phenoxy) is 1. The highest BCUT2D eigenvalue weighted by Crippen LogP contribution is 2.18. The predicted molar refractivity (Wildman–Crippen MR) is 99.2 cm³/mol. The first kappa shape index (κ1) is 20.9. The summed E-state index contributed by atoms with van der Waals surface area (Å²) >= 11 is 0. The minimum atomic E-state index is -3.25. The van der Waals surface area contributed by atoms with Crippen LogP contribution < -0.4 is 4.72 Å². The molecule has 0 aromatic heterocycles. The van der Waals surface area contributed by atoms with Crippen LogP contribution in [-0.2, 0) is 19.4 Å². The Kier molecular flexibility index (Phi) is 8.34. The van der Waals surface area contributed by atoms with Gasteiger partial charge in [0.1, 0.15) is 16.0 Å². The number of rotatable bonds is 8. The van der Waals surface area contributed by atoms with Gasteiger partial charge in [0, 0.05) is 6.92 Å². The van der Waals surface area contributed by atoms with Crippen molar-refractivity contribution >= 4 is 21.9 Å². The molecule has 0 spiro atoms. The highest BCUT2D eigenvalue weighted by atomic mass is 32.2. The zero-order valence-electron chi connectivity index (χ0n) is 14.9. The number of allylic oxidation sites excluding steroid dienone is 1. The van der Waals surface area contributed by atoms with Crippen LogP contribution in [0.4, 0.5) is 4.79 Å². The normalized spacial score (nSPS) is 15.3. The Labute approximate surface area is 150 Å². The SMILES string of the molecule is C=CC[C@H](CC)CS(=O)(=NC(=O)O[C@@H](C)c1ccccc1)NC(C)=O. The molecule has 0 saturated heterocycles. The first-order valence-corrected chi connectivity index (χ1v) is 9.87. The maximum atomic E-state index is 12.9. The van der Waals surface area contributed by atoms with Gasteiger partial charge in [0.15, 0.2) is 0 Å². The molecule has 7 heteroatoms. The molecule has 1 unspecified atom stereocenters. The van der Waals surface area contributed by atoms with Crippen LogP contribution in [0.5, 0.6) is 0 Å². The van der Waals surface area contributed by atoms with Gasteiger partial charge < -0.3 is 4.74 Å². The number of benzene rings is 1. The number of amides is 2. The lowest BCUT2D eigenvalue weighted by atomic mass is 10.1. The Morgan fingerprint density at radius 2 is 2.00 bits per heavy atom. The molecule has 138 valence electrons. The van der Waals surface area contributed by atoms with Gasteiger partial charge in [-0.2, -0.15) is 0 Å². The fraction of sp³-hybridized carbons (Fsp3) is 0.444. The van der Waals surface area contributed by atoms with Crippen molar-refractivity contribution < 1.29 is 18.5 Å². The van der Waals surface area contributed by atoms with E-state index in [1.807, 2.05) is 37.3 Å². The van der Waals surface area contributed by atoms with E-state index in [-0.39, 0.29) is 11.7 Å². The Bertz CT molecular complexity index is 709. The van der Waals surface area contributed by atoms with Crippen LogP contribution in [0.15, 0.2) is 47.3 Å². The van der Waals surface area contributed by atoms with Crippen molar-refractivity contribution in [3.8, 4) is 0 Å². The molecule has 0 fully saturated rings.